The van der Waals surface area contributed by atoms with E-state index in [2.05, 4.69) is 5.32 Å². The maximum atomic E-state index is 12.5. The second-order valence-electron chi connectivity index (χ2n) is 5.89. The Hall–Kier alpha value is -3.22. The van der Waals surface area contributed by atoms with E-state index in [1.807, 2.05) is 19.1 Å². The van der Waals surface area contributed by atoms with Crippen molar-refractivity contribution in [3.8, 4) is 17.2 Å². The molecular formula is C19H20N2O5. The molecule has 0 atom stereocenters. The van der Waals surface area contributed by atoms with Crippen molar-refractivity contribution in [1.29, 1.82) is 0 Å². The molecule has 1 heterocycles. The van der Waals surface area contributed by atoms with Crippen molar-refractivity contribution in [3.63, 3.8) is 0 Å². The second kappa shape index (κ2) is 7.35. The topological polar surface area (TPSA) is 77.1 Å². The molecule has 0 fully saturated rings. The molecule has 0 bridgehead atoms. The van der Waals surface area contributed by atoms with Crippen LogP contribution in [0.3, 0.4) is 0 Å². The largest absolute Gasteiger partial charge is 0.497 e. The summed E-state index contributed by atoms with van der Waals surface area (Å²) in [5.74, 6) is 1.12. The number of carbonyl (C=O) groups excluding carboxylic acids is 2. The molecule has 7 nitrogen and oxygen atoms in total. The first-order valence-corrected chi connectivity index (χ1v) is 8.07. The van der Waals surface area contributed by atoms with Crippen LogP contribution >= 0.6 is 0 Å². The molecule has 3 rings (SSSR count). The van der Waals surface area contributed by atoms with E-state index >= 15 is 0 Å². The van der Waals surface area contributed by atoms with Gasteiger partial charge in [-0.25, -0.2) is 0 Å². The van der Waals surface area contributed by atoms with E-state index < -0.39 is 0 Å². The lowest BCUT2D eigenvalue weighted by molar-refractivity contribution is -0.123. The van der Waals surface area contributed by atoms with Crippen LogP contribution in [-0.2, 0) is 9.59 Å². The summed E-state index contributed by atoms with van der Waals surface area (Å²) < 4.78 is 15.8. The number of benzene rings is 2. The first kappa shape index (κ1) is 17.6. The van der Waals surface area contributed by atoms with Crippen molar-refractivity contribution in [3.05, 3.63) is 42.0 Å². The molecule has 136 valence electrons. The molecule has 7 heteroatoms. The highest BCUT2D eigenvalue weighted by molar-refractivity contribution is 6.05. The highest BCUT2D eigenvalue weighted by Crippen LogP contribution is 2.33. The lowest BCUT2D eigenvalue weighted by Gasteiger charge is -2.29. The summed E-state index contributed by atoms with van der Waals surface area (Å²) in [6.07, 6.45) is 0. The van der Waals surface area contributed by atoms with E-state index in [1.54, 1.807) is 24.3 Å². The van der Waals surface area contributed by atoms with Crippen LogP contribution < -0.4 is 24.4 Å². The third-order valence-electron chi connectivity index (χ3n) is 4.00. The minimum absolute atomic E-state index is 0.0866. The zero-order valence-corrected chi connectivity index (χ0v) is 14.9. The van der Waals surface area contributed by atoms with Crippen LogP contribution in [0.5, 0.6) is 17.2 Å². The minimum Gasteiger partial charge on any atom is -0.497 e. The fourth-order valence-electron chi connectivity index (χ4n) is 2.71. The number of anilines is 2. The molecule has 0 unspecified atom stereocenters. The average Bonchev–Trinajstić information content (AvgIpc) is 2.63. The predicted octanol–water partition coefficient (Wildman–Crippen LogP) is 2.38. The Bertz CT molecular complexity index is 828. The summed E-state index contributed by atoms with van der Waals surface area (Å²) in [4.78, 5) is 26.1. The molecule has 1 N–H and O–H groups in total. The summed E-state index contributed by atoms with van der Waals surface area (Å²) in [5.41, 5.74) is 2.13. The predicted molar refractivity (Wildman–Crippen MR) is 97.2 cm³/mol. The third-order valence-corrected chi connectivity index (χ3v) is 4.00. The van der Waals surface area contributed by atoms with Gasteiger partial charge in [0.2, 0.25) is 5.91 Å². The van der Waals surface area contributed by atoms with Crippen LogP contribution in [0.4, 0.5) is 11.4 Å². The van der Waals surface area contributed by atoms with E-state index in [0.717, 1.165) is 5.56 Å². The van der Waals surface area contributed by atoms with Crippen LogP contribution in [0.15, 0.2) is 36.4 Å². The smallest absolute Gasteiger partial charge is 0.265 e. The number of hydrogen-bond acceptors (Lipinski definition) is 5. The molecule has 0 radical (unpaired) electrons. The molecule has 2 aromatic carbocycles. The standard InChI is InChI=1S/C19H20N2O5/c1-12-4-5-16-17(6-12)26-11-19(23)21(16)10-18(22)20-13-7-14(24-2)9-15(8-13)25-3/h4-9H,10-11H2,1-3H3,(H,20,22). The van der Waals surface area contributed by atoms with E-state index in [9.17, 15) is 9.59 Å². The van der Waals surface area contributed by atoms with Gasteiger partial charge in [-0.2, -0.15) is 0 Å². The third kappa shape index (κ3) is 3.72. The Balaban J connectivity index is 1.77. The molecule has 2 amide bonds. The lowest BCUT2D eigenvalue weighted by Crippen LogP contribution is -2.43. The van der Waals surface area contributed by atoms with Gasteiger partial charge in [-0.1, -0.05) is 6.07 Å². The van der Waals surface area contributed by atoms with Gasteiger partial charge in [0.1, 0.15) is 23.8 Å². The number of ether oxygens (including phenoxy) is 3. The highest BCUT2D eigenvalue weighted by Gasteiger charge is 2.27. The Labute approximate surface area is 151 Å². The quantitative estimate of drug-likeness (QED) is 0.890. The van der Waals surface area contributed by atoms with Crippen LogP contribution in [-0.4, -0.2) is 39.2 Å². The van der Waals surface area contributed by atoms with Gasteiger partial charge in [0.05, 0.1) is 19.9 Å². The lowest BCUT2D eigenvalue weighted by atomic mass is 10.1. The zero-order chi connectivity index (χ0) is 18.7. The average molecular weight is 356 g/mol. The number of hydrogen-bond donors (Lipinski definition) is 1. The van der Waals surface area contributed by atoms with Crippen LogP contribution in [0.2, 0.25) is 0 Å². The highest BCUT2D eigenvalue weighted by atomic mass is 16.5. The Morgan fingerprint density at radius 3 is 2.50 bits per heavy atom. The maximum absolute atomic E-state index is 12.5. The Morgan fingerprint density at radius 1 is 1.15 bits per heavy atom. The number of nitrogens with one attached hydrogen (secondary N) is 1. The number of methoxy groups -OCH3 is 2. The first-order valence-electron chi connectivity index (χ1n) is 8.07. The molecule has 26 heavy (non-hydrogen) atoms. The van der Waals surface area contributed by atoms with Gasteiger partial charge in [0, 0.05) is 23.9 Å². The monoisotopic (exact) mass is 356 g/mol. The van der Waals surface area contributed by atoms with Crippen LogP contribution in [0.25, 0.3) is 0 Å². The van der Waals surface area contributed by atoms with Crippen molar-refractivity contribution in [2.45, 2.75) is 6.92 Å². The Morgan fingerprint density at radius 2 is 1.85 bits per heavy atom. The van der Waals surface area contributed by atoms with Crippen molar-refractivity contribution >= 4 is 23.2 Å². The van der Waals surface area contributed by atoms with Gasteiger partial charge in [0.25, 0.3) is 5.91 Å². The van der Waals surface area contributed by atoms with Crippen molar-refractivity contribution in [2.24, 2.45) is 0 Å². The number of aryl methyl sites for hydroxylation is 1. The van der Waals surface area contributed by atoms with E-state index in [1.165, 1.54) is 19.1 Å². The zero-order valence-electron chi connectivity index (χ0n) is 14.9. The molecule has 0 saturated heterocycles. The van der Waals surface area contributed by atoms with Gasteiger partial charge in [-0.3, -0.25) is 14.5 Å². The number of carbonyl (C=O) groups is 2. The minimum atomic E-state index is -0.331. The van der Waals surface area contributed by atoms with Crippen LogP contribution in [0.1, 0.15) is 5.56 Å². The summed E-state index contributed by atoms with van der Waals surface area (Å²) in [5, 5.41) is 2.77. The SMILES string of the molecule is COc1cc(NC(=O)CN2C(=O)COc3cc(C)ccc32)cc(OC)c1. The first-order chi connectivity index (χ1) is 12.5. The van der Waals surface area contributed by atoms with Crippen LogP contribution in [0, 0.1) is 6.92 Å². The van der Waals surface area contributed by atoms with Crippen molar-refractivity contribution < 1.29 is 23.8 Å². The summed E-state index contributed by atoms with van der Waals surface area (Å²) in [6.45, 7) is 1.74. The van der Waals surface area contributed by atoms with E-state index in [0.29, 0.717) is 28.6 Å². The van der Waals surface area contributed by atoms with Crippen molar-refractivity contribution in [2.75, 3.05) is 37.6 Å². The normalized spacial score (nSPS) is 12.9. The number of rotatable bonds is 5. The molecule has 0 saturated carbocycles. The van der Waals surface area contributed by atoms with Gasteiger partial charge >= 0.3 is 0 Å². The Kier molecular flexibility index (Phi) is 4.97. The molecule has 0 aromatic heterocycles. The molecule has 0 aliphatic carbocycles. The second-order valence-corrected chi connectivity index (χ2v) is 5.89. The van der Waals surface area contributed by atoms with Gasteiger partial charge < -0.3 is 19.5 Å². The van der Waals surface area contributed by atoms with Gasteiger partial charge in [-0.15, -0.1) is 0 Å². The fourth-order valence-corrected chi connectivity index (χ4v) is 2.71. The molecule has 2 aromatic rings. The van der Waals surface area contributed by atoms with E-state index in [4.69, 9.17) is 14.2 Å². The summed E-state index contributed by atoms with van der Waals surface area (Å²) in [6, 6.07) is 10.6. The van der Waals surface area contributed by atoms with Gasteiger partial charge in [-0.05, 0) is 24.6 Å². The molecule has 1 aliphatic heterocycles. The summed E-state index contributed by atoms with van der Waals surface area (Å²) in [7, 11) is 3.07. The number of amides is 2. The van der Waals surface area contributed by atoms with E-state index in [-0.39, 0.29) is 25.0 Å². The molecule has 0 spiro atoms. The maximum Gasteiger partial charge on any atom is 0.265 e. The van der Waals surface area contributed by atoms with Gasteiger partial charge in [0.15, 0.2) is 6.61 Å². The number of fused-ring (bicyclic) bond motifs is 1. The fraction of sp³-hybridized carbons (Fsp3) is 0.263. The molecule has 1 aliphatic rings. The molecular weight excluding hydrogens is 336 g/mol. The summed E-state index contributed by atoms with van der Waals surface area (Å²) >= 11 is 0. The van der Waals surface area contributed by atoms with Crippen molar-refractivity contribution in [1.82, 2.24) is 0 Å². The number of nitrogens with zero attached hydrogens (tertiary/aromatic N) is 1.